The number of hydrogen-bond acceptors (Lipinski definition) is 7. The Bertz CT molecular complexity index is 877. The highest BCUT2D eigenvalue weighted by molar-refractivity contribution is 7.15. The van der Waals surface area contributed by atoms with Crippen LogP contribution in [0.15, 0.2) is 24.3 Å². The minimum absolute atomic E-state index is 0.244. The molecule has 1 atom stereocenters. The van der Waals surface area contributed by atoms with E-state index in [0.717, 1.165) is 23.4 Å². The van der Waals surface area contributed by atoms with E-state index in [1.165, 1.54) is 16.1 Å². The highest BCUT2D eigenvalue weighted by Crippen LogP contribution is 2.21. The van der Waals surface area contributed by atoms with E-state index in [4.69, 9.17) is 11.6 Å². The van der Waals surface area contributed by atoms with Crippen molar-refractivity contribution in [1.82, 2.24) is 30.4 Å². The first-order valence-corrected chi connectivity index (χ1v) is 9.48. The van der Waals surface area contributed by atoms with Gasteiger partial charge in [-0.05, 0) is 42.3 Å². The number of anilines is 1. The second-order valence-corrected chi connectivity index (χ2v) is 7.10. The number of nitrogens with zero attached hydrogens (tertiary/aromatic N) is 6. The summed E-state index contributed by atoms with van der Waals surface area (Å²) in [6.07, 6.45) is 2.35. The fourth-order valence-corrected chi connectivity index (χ4v) is 3.30. The van der Waals surface area contributed by atoms with Crippen molar-refractivity contribution in [3.63, 3.8) is 0 Å². The van der Waals surface area contributed by atoms with Crippen molar-refractivity contribution < 1.29 is 4.79 Å². The lowest BCUT2D eigenvalue weighted by atomic mass is 10.2. The van der Waals surface area contributed by atoms with Gasteiger partial charge in [-0.25, -0.2) is 0 Å². The summed E-state index contributed by atoms with van der Waals surface area (Å²) in [7, 11) is 0. The van der Waals surface area contributed by atoms with Crippen LogP contribution in [-0.4, -0.2) is 36.3 Å². The molecule has 1 aromatic carbocycles. The monoisotopic (exact) mass is 391 g/mol. The molecule has 0 saturated carbocycles. The lowest BCUT2D eigenvalue weighted by Gasteiger charge is -2.11. The Kier molecular flexibility index (Phi) is 5.89. The number of tetrazole rings is 1. The molecule has 10 heteroatoms. The maximum Gasteiger partial charge on any atom is 0.253 e. The Balaban J connectivity index is 1.73. The maximum atomic E-state index is 12.6. The molecule has 1 unspecified atom stereocenters. The van der Waals surface area contributed by atoms with Gasteiger partial charge in [-0.2, -0.15) is 4.80 Å². The quantitative estimate of drug-likeness (QED) is 0.662. The Morgan fingerprint density at radius 3 is 2.69 bits per heavy atom. The molecule has 8 nitrogen and oxygen atoms in total. The van der Waals surface area contributed by atoms with Crippen LogP contribution in [0.1, 0.15) is 37.7 Å². The molecule has 0 aliphatic rings. The van der Waals surface area contributed by atoms with Crippen molar-refractivity contribution in [3.8, 4) is 11.4 Å². The Morgan fingerprint density at radius 2 is 2.00 bits per heavy atom. The van der Waals surface area contributed by atoms with Crippen LogP contribution >= 0.6 is 22.9 Å². The fourth-order valence-electron chi connectivity index (χ4n) is 2.33. The van der Waals surface area contributed by atoms with Crippen molar-refractivity contribution >= 4 is 34.0 Å². The summed E-state index contributed by atoms with van der Waals surface area (Å²) in [4.78, 5) is 13.9. The van der Waals surface area contributed by atoms with Gasteiger partial charge in [-0.15, -0.1) is 20.4 Å². The first-order chi connectivity index (χ1) is 12.6. The van der Waals surface area contributed by atoms with E-state index in [9.17, 15) is 4.79 Å². The minimum Gasteiger partial charge on any atom is -0.299 e. The van der Waals surface area contributed by atoms with Crippen LogP contribution in [0.2, 0.25) is 5.02 Å². The van der Waals surface area contributed by atoms with Gasteiger partial charge in [-0.3, -0.25) is 10.1 Å². The third-order valence-corrected chi connectivity index (χ3v) is 4.81. The molecule has 26 heavy (non-hydrogen) atoms. The number of aryl methyl sites for hydroxylation is 1. The van der Waals surface area contributed by atoms with Gasteiger partial charge in [0.2, 0.25) is 11.0 Å². The number of benzene rings is 1. The van der Waals surface area contributed by atoms with Crippen molar-refractivity contribution in [2.75, 3.05) is 5.32 Å². The van der Waals surface area contributed by atoms with E-state index < -0.39 is 6.04 Å². The van der Waals surface area contributed by atoms with Crippen molar-refractivity contribution in [2.45, 2.75) is 39.2 Å². The summed E-state index contributed by atoms with van der Waals surface area (Å²) in [6.45, 7) is 3.96. The summed E-state index contributed by atoms with van der Waals surface area (Å²) >= 11 is 7.27. The molecule has 3 rings (SSSR count). The van der Waals surface area contributed by atoms with E-state index in [2.05, 4.69) is 37.8 Å². The van der Waals surface area contributed by atoms with Crippen molar-refractivity contribution in [1.29, 1.82) is 0 Å². The van der Waals surface area contributed by atoms with Crippen LogP contribution in [0.5, 0.6) is 0 Å². The Morgan fingerprint density at radius 1 is 1.23 bits per heavy atom. The zero-order chi connectivity index (χ0) is 18.5. The molecule has 0 spiro atoms. The van der Waals surface area contributed by atoms with Crippen molar-refractivity contribution in [3.05, 3.63) is 34.3 Å². The van der Waals surface area contributed by atoms with E-state index >= 15 is 0 Å². The number of carbonyl (C=O) groups is 1. The van der Waals surface area contributed by atoms with Crippen LogP contribution in [0.3, 0.4) is 0 Å². The molecule has 0 bridgehead atoms. The second kappa shape index (κ2) is 8.33. The second-order valence-electron chi connectivity index (χ2n) is 5.60. The molecule has 0 radical (unpaired) electrons. The SMILES string of the molecule is CCCc1nnc(NC(=O)C(CC)n2nnc(-c3ccc(Cl)cc3)n2)s1. The molecule has 3 aromatic rings. The molecule has 2 aromatic heterocycles. The number of nitrogens with one attached hydrogen (secondary N) is 1. The van der Waals surface area contributed by atoms with Crippen LogP contribution in [0.25, 0.3) is 11.4 Å². The summed E-state index contributed by atoms with van der Waals surface area (Å²) in [5.74, 6) is 0.195. The van der Waals surface area contributed by atoms with E-state index in [1.807, 2.05) is 6.92 Å². The smallest absolute Gasteiger partial charge is 0.253 e. The molecule has 0 fully saturated rings. The maximum absolute atomic E-state index is 12.6. The zero-order valence-electron chi connectivity index (χ0n) is 14.4. The number of amides is 1. The zero-order valence-corrected chi connectivity index (χ0v) is 16.0. The molecule has 0 aliphatic carbocycles. The standard InChI is InChI=1S/C16H18ClN7OS/c1-3-5-13-19-21-16(26-13)18-15(25)12(4-2)24-22-14(20-23-24)10-6-8-11(17)9-7-10/h6-9,12H,3-5H2,1-2H3,(H,18,21,25). The first-order valence-electron chi connectivity index (χ1n) is 8.29. The number of hydrogen-bond donors (Lipinski definition) is 1. The topological polar surface area (TPSA) is 98.5 Å². The third kappa shape index (κ3) is 4.23. The molecule has 136 valence electrons. The summed E-state index contributed by atoms with van der Waals surface area (Å²) in [6, 6.07) is 6.54. The average Bonchev–Trinajstić information content (AvgIpc) is 3.27. The molecule has 1 amide bonds. The van der Waals surface area contributed by atoms with Crippen LogP contribution in [0.4, 0.5) is 5.13 Å². The lowest BCUT2D eigenvalue weighted by molar-refractivity contribution is -0.120. The van der Waals surface area contributed by atoms with Gasteiger partial charge in [0, 0.05) is 17.0 Å². The number of rotatable bonds is 7. The normalized spacial score (nSPS) is 12.1. The van der Waals surface area contributed by atoms with Gasteiger partial charge in [0.1, 0.15) is 5.01 Å². The largest absolute Gasteiger partial charge is 0.299 e. The molecule has 0 aliphatic heterocycles. The molecular formula is C16H18ClN7OS. The number of carbonyl (C=O) groups excluding carboxylic acids is 1. The minimum atomic E-state index is -0.581. The highest BCUT2D eigenvalue weighted by Gasteiger charge is 2.23. The third-order valence-electron chi connectivity index (χ3n) is 3.66. The Labute approximate surface area is 159 Å². The first kappa shape index (κ1) is 18.4. The van der Waals surface area contributed by atoms with E-state index in [-0.39, 0.29) is 5.91 Å². The fraction of sp³-hybridized carbons (Fsp3) is 0.375. The van der Waals surface area contributed by atoms with Gasteiger partial charge < -0.3 is 0 Å². The predicted molar refractivity (Wildman–Crippen MR) is 100 cm³/mol. The molecule has 0 saturated heterocycles. The summed E-state index contributed by atoms with van der Waals surface area (Å²) in [5.41, 5.74) is 0.782. The van der Waals surface area contributed by atoms with Gasteiger partial charge in [0.25, 0.3) is 5.91 Å². The summed E-state index contributed by atoms with van der Waals surface area (Å²) < 4.78 is 0. The highest BCUT2D eigenvalue weighted by atomic mass is 35.5. The van der Waals surface area contributed by atoms with E-state index in [1.54, 1.807) is 24.3 Å². The van der Waals surface area contributed by atoms with Crippen LogP contribution in [0, 0.1) is 0 Å². The molecular weight excluding hydrogens is 374 g/mol. The van der Waals surface area contributed by atoms with Gasteiger partial charge >= 0.3 is 0 Å². The van der Waals surface area contributed by atoms with Crippen LogP contribution < -0.4 is 5.32 Å². The molecule has 2 heterocycles. The summed E-state index contributed by atoms with van der Waals surface area (Å²) in [5, 5.41) is 25.3. The number of halogens is 1. The van der Waals surface area contributed by atoms with Gasteiger partial charge in [0.05, 0.1) is 0 Å². The Hall–Kier alpha value is -2.39. The van der Waals surface area contributed by atoms with Gasteiger partial charge in [0.15, 0.2) is 6.04 Å². The molecule has 1 N–H and O–H groups in total. The predicted octanol–water partition coefficient (Wildman–Crippen LogP) is 3.39. The average molecular weight is 392 g/mol. The van der Waals surface area contributed by atoms with E-state index in [0.29, 0.717) is 22.4 Å². The van der Waals surface area contributed by atoms with Crippen LogP contribution in [-0.2, 0) is 11.2 Å². The lowest BCUT2D eigenvalue weighted by Crippen LogP contribution is -2.27. The van der Waals surface area contributed by atoms with Crippen molar-refractivity contribution in [2.24, 2.45) is 0 Å². The van der Waals surface area contributed by atoms with Gasteiger partial charge in [-0.1, -0.05) is 36.8 Å². The number of aromatic nitrogens is 6.